The number of hydrogen-bond acceptors (Lipinski definition) is 4. The molecule has 0 bridgehead atoms. The molecule has 2 rings (SSSR count). The van der Waals surface area contributed by atoms with E-state index in [-0.39, 0.29) is 23.0 Å². The first-order valence-corrected chi connectivity index (χ1v) is 9.14. The number of likely N-dealkylation sites (tertiary alicyclic amines) is 1. The lowest BCUT2D eigenvalue weighted by atomic mass is 9.97. The molecule has 1 fully saturated rings. The molecule has 126 valence electrons. The summed E-state index contributed by atoms with van der Waals surface area (Å²) in [6, 6.07) is 7.49. The fraction of sp³-hybridized carbons (Fsp3) is 0.529. The number of esters is 1. The van der Waals surface area contributed by atoms with Gasteiger partial charge in [-0.25, -0.2) is 0 Å². The first kappa shape index (κ1) is 18.1. The van der Waals surface area contributed by atoms with Gasteiger partial charge in [0.2, 0.25) is 5.91 Å². The molecule has 1 atom stereocenters. The second-order valence-electron chi connectivity index (χ2n) is 5.57. The first-order valence-electron chi connectivity index (χ1n) is 7.89. The van der Waals surface area contributed by atoms with Crippen molar-refractivity contribution < 1.29 is 14.3 Å². The Hall–Kier alpha value is -1.20. The molecule has 23 heavy (non-hydrogen) atoms. The van der Waals surface area contributed by atoms with Crippen LogP contribution in [0.3, 0.4) is 0 Å². The third kappa shape index (κ3) is 5.15. The Morgan fingerprint density at radius 2 is 1.91 bits per heavy atom. The van der Waals surface area contributed by atoms with Crippen LogP contribution in [0.15, 0.2) is 29.2 Å². The van der Waals surface area contributed by atoms with Crippen molar-refractivity contribution in [2.45, 2.75) is 36.8 Å². The highest BCUT2D eigenvalue weighted by Gasteiger charge is 2.30. The highest BCUT2D eigenvalue weighted by Crippen LogP contribution is 2.27. The molecular weight excluding hydrogens is 334 g/mol. The van der Waals surface area contributed by atoms with Gasteiger partial charge in [0.1, 0.15) is 0 Å². The van der Waals surface area contributed by atoms with E-state index >= 15 is 0 Å². The Morgan fingerprint density at radius 3 is 2.48 bits per heavy atom. The zero-order valence-corrected chi connectivity index (χ0v) is 15.0. The topological polar surface area (TPSA) is 46.6 Å². The van der Waals surface area contributed by atoms with Crippen LogP contribution in [0.2, 0.25) is 5.02 Å². The number of ether oxygens (including phenoxy) is 1. The van der Waals surface area contributed by atoms with Gasteiger partial charge in [0, 0.05) is 23.0 Å². The van der Waals surface area contributed by atoms with Crippen molar-refractivity contribution in [2.24, 2.45) is 5.92 Å². The van der Waals surface area contributed by atoms with E-state index in [1.54, 1.807) is 0 Å². The van der Waals surface area contributed by atoms with Crippen molar-refractivity contribution in [2.75, 3.05) is 19.7 Å². The maximum Gasteiger partial charge on any atom is 0.309 e. The van der Waals surface area contributed by atoms with Gasteiger partial charge in [-0.2, -0.15) is 0 Å². The van der Waals surface area contributed by atoms with E-state index in [2.05, 4.69) is 0 Å². The molecule has 0 spiro atoms. The summed E-state index contributed by atoms with van der Waals surface area (Å²) in [5.74, 6) is -0.0892. The van der Waals surface area contributed by atoms with Crippen LogP contribution >= 0.6 is 23.4 Å². The molecule has 0 unspecified atom stereocenters. The van der Waals surface area contributed by atoms with E-state index in [1.165, 1.54) is 11.8 Å². The van der Waals surface area contributed by atoms with Crippen molar-refractivity contribution in [3.8, 4) is 0 Å². The summed E-state index contributed by atoms with van der Waals surface area (Å²) in [5, 5.41) is 0.532. The molecule has 6 heteroatoms. The van der Waals surface area contributed by atoms with Crippen molar-refractivity contribution in [3.63, 3.8) is 0 Å². The summed E-state index contributed by atoms with van der Waals surface area (Å²) >= 11 is 7.40. The summed E-state index contributed by atoms with van der Waals surface area (Å²) in [6.45, 7) is 5.37. The monoisotopic (exact) mass is 355 g/mol. The van der Waals surface area contributed by atoms with Gasteiger partial charge in [0.15, 0.2) is 0 Å². The van der Waals surface area contributed by atoms with E-state index in [1.807, 2.05) is 43.0 Å². The van der Waals surface area contributed by atoms with E-state index in [0.29, 0.717) is 37.6 Å². The molecule has 1 aliphatic rings. The maximum atomic E-state index is 12.5. The fourth-order valence-electron chi connectivity index (χ4n) is 2.62. The number of nitrogens with zero attached hydrogens (tertiary/aromatic N) is 1. The molecule has 4 nitrogen and oxygen atoms in total. The van der Waals surface area contributed by atoms with E-state index in [9.17, 15) is 9.59 Å². The normalized spacial score (nSPS) is 16.9. The molecule has 1 aromatic carbocycles. The van der Waals surface area contributed by atoms with Crippen molar-refractivity contribution >= 4 is 35.2 Å². The number of amides is 1. The van der Waals surface area contributed by atoms with Gasteiger partial charge in [-0.3, -0.25) is 9.59 Å². The number of carbonyl (C=O) groups excluding carboxylic acids is 2. The Bertz CT molecular complexity index is 541. The van der Waals surface area contributed by atoms with Crippen LogP contribution in [-0.2, 0) is 14.3 Å². The molecule has 0 aliphatic carbocycles. The van der Waals surface area contributed by atoms with Crippen LogP contribution in [0.1, 0.15) is 26.7 Å². The van der Waals surface area contributed by atoms with E-state index in [0.717, 1.165) is 4.90 Å². The zero-order chi connectivity index (χ0) is 16.8. The smallest absolute Gasteiger partial charge is 0.309 e. The lowest BCUT2D eigenvalue weighted by Crippen LogP contribution is -2.43. The number of piperidine rings is 1. The highest BCUT2D eigenvalue weighted by molar-refractivity contribution is 8.00. The molecule has 0 radical (unpaired) electrons. The highest BCUT2D eigenvalue weighted by atomic mass is 35.5. The van der Waals surface area contributed by atoms with Crippen molar-refractivity contribution in [1.82, 2.24) is 4.90 Å². The molecule has 1 aliphatic heterocycles. The average Bonchev–Trinajstić information content (AvgIpc) is 2.56. The third-order valence-electron chi connectivity index (χ3n) is 3.90. The quantitative estimate of drug-likeness (QED) is 0.597. The average molecular weight is 356 g/mol. The van der Waals surface area contributed by atoms with E-state index < -0.39 is 0 Å². The molecule has 0 N–H and O–H groups in total. The summed E-state index contributed by atoms with van der Waals surface area (Å²) in [5.41, 5.74) is 0. The van der Waals surface area contributed by atoms with Gasteiger partial charge in [-0.05, 0) is 51.0 Å². The largest absolute Gasteiger partial charge is 0.466 e. The number of benzene rings is 1. The minimum Gasteiger partial charge on any atom is -0.466 e. The lowest BCUT2D eigenvalue weighted by molar-refractivity contribution is -0.151. The predicted molar refractivity (Wildman–Crippen MR) is 92.7 cm³/mol. The summed E-state index contributed by atoms with van der Waals surface area (Å²) in [6.07, 6.45) is 1.37. The summed E-state index contributed by atoms with van der Waals surface area (Å²) in [4.78, 5) is 27.1. The molecular formula is C17H22ClNO3S. The first-order chi connectivity index (χ1) is 11.0. The molecule has 1 aromatic rings. The minimum absolute atomic E-state index is 0.0711. The summed E-state index contributed by atoms with van der Waals surface area (Å²) in [7, 11) is 0. The van der Waals surface area contributed by atoms with Crippen molar-refractivity contribution in [1.29, 1.82) is 0 Å². The van der Waals surface area contributed by atoms with Crippen LogP contribution < -0.4 is 0 Å². The molecule has 0 saturated carbocycles. The Morgan fingerprint density at radius 1 is 1.30 bits per heavy atom. The van der Waals surface area contributed by atoms with Crippen molar-refractivity contribution in [3.05, 3.63) is 29.3 Å². The van der Waals surface area contributed by atoms with Gasteiger partial charge >= 0.3 is 5.97 Å². The Labute approximate surface area is 146 Å². The van der Waals surface area contributed by atoms with Gasteiger partial charge < -0.3 is 9.64 Å². The predicted octanol–water partition coefficient (Wildman–Crippen LogP) is 3.62. The van der Waals surface area contributed by atoms with E-state index in [4.69, 9.17) is 16.3 Å². The minimum atomic E-state index is -0.157. The second-order valence-corrected chi connectivity index (χ2v) is 7.42. The van der Waals surface area contributed by atoms with Crippen LogP contribution in [0.5, 0.6) is 0 Å². The van der Waals surface area contributed by atoms with Crippen LogP contribution in [0.4, 0.5) is 0 Å². The summed E-state index contributed by atoms with van der Waals surface area (Å²) < 4.78 is 5.06. The van der Waals surface area contributed by atoms with Crippen LogP contribution in [0, 0.1) is 5.92 Å². The SMILES string of the molecule is CCOC(=O)C1CCN(C(=O)[C@H](C)Sc2ccc(Cl)cc2)CC1. The van der Waals surface area contributed by atoms with Gasteiger partial charge in [-0.1, -0.05) is 11.6 Å². The zero-order valence-electron chi connectivity index (χ0n) is 13.5. The van der Waals surface area contributed by atoms with Gasteiger partial charge in [0.25, 0.3) is 0 Å². The number of carbonyl (C=O) groups is 2. The second kappa shape index (κ2) is 8.60. The van der Waals surface area contributed by atoms with Gasteiger partial charge in [0.05, 0.1) is 17.8 Å². The Kier molecular flexibility index (Phi) is 6.78. The number of thioether (sulfide) groups is 1. The number of rotatable bonds is 5. The molecule has 1 saturated heterocycles. The maximum absolute atomic E-state index is 12.5. The molecule has 1 heterocycles. The lowest BCUT2D eigenvalue weighted by Gasteiger charge is -2.32. The Balaban J connectivity index is 1.84. The molecule has 1 amide bonds. The standard InChI is InChI=1S/C17H22ClNO3S/c1-3-22-17(21)13-8-10-19(11-9-13)16(20)12(2)23-15-6-4-14(18)5-7-15/h4-7,12-13H,3,8-11H2,1-2H3/t12-/m0/s1. The fourth-order valence-corrected chi connectivity index (χ4v) is 3.70. The number of hydrogen-bond donors (Lipinski definition) is 0. The number of halogens is 1. The third-order valence-corrected chi connectivity index (χ3v) is 5.25. The van der Waals surface area contributed by atoms with Crippen LogP contribution in [0.25, 0.3) is 0 Å². The molecule has 0 aromatic heterocycles. The van der Waals surface area contributed by atoms with Gasteiger partial charge in [-0.15, -0.1) is 11.8 Å². The van der Waals surface area contributed by atoms with Crippen LogP contribution in [-0.4, -0.2) is 41.7 Å².